The van der Waals surface area contributed by atoms with Crippen molar-refractivity contribution in [1.82, 2.24) is 9.97 Å². The number of ether oxygens (including phenoxy) is 2. The van der Waals surface area contributed by atoms with E-state index in [0.717, 1.165) is 14.9 Å². The van der Waals surface area contributed by atoms with Gasteiger partial charge in [-0.2, -0.15) is 4.98 Å². The summed E-state index contributed by atoms with van der Waals surface area (Å²) in [6.45, 7) is 10.1. The number of anilines is 2. The first kappa shape index (κ1) is 24.1. The van der Waals surface area contributed by atoms with E-state index in [-0.39, 0.29) is 35.4 Å². The van der Waals surface area contributed by atoms with Crippen LogP contribution in [0.4, 0.5) is 11.8 Å². The number of benzene rings is 1. The number of nitrogens with two attached hydrogens (primary N) is 2. The van der Waals surface area contributed by atoms with Crippen molar-refractivity contribution in [2.75, 3.05) is 18.2 Å². The minimum Gasteiger partial charge on any atom is -0.496 e. The molecule has 0 aliphatic heterocycles. The number of nitrogen functional groups attached to an aromatic ring is 1. The van der Waals surface area contributed by atoms with Gasteiger partial charge in [0.05, 0.1) is 22.9 Å². The topological polar surface area (TPSA) is 125 Å². The number of hydrogen-bond donors (Lipinski definition) is 3. The molecule has 0 spiro atoms. The maximum Gasteiger partial charge on any atom is 0.243 e. The molecule has 9 heteroatoms. The Hall–Kier alpha value is -2.14. The Morgan fingerprint density at radius 3 is 2.33 bits per heavy atom. The van der Waals surface area contributed by atoms with E-state index in [1.807, 2.05) is 32.9 Å². The van der Waals surface area contributed by atoms with Gasteiger partial charge in [0.15, 0.2) is 11.6 Å². The highest BCUT2D eigenvalue weighted by molar-refractivity contribution is 14.1. The van der Waals surface area contributed by atoms with E-state index in [2.05, 4.69) is 51.7 Å². The molecule has 0 unspecified atom stereocenters. The van der Waals surface area contributed by atoms with E-state index in [0.29, 0.717) is 11.5 Å². The second-order valence-electron chi connectivity index (χ2n) is 7.84. The molecule has 0 aliphatic carbocycles. The van der Waals surface area contributed by atoms with Crippen LogP contribution in [-0.4, -0.2) is 29.0 Å². The van der Waals surface area contributed by atoms with E-state index in [4.69, 9.17) is 20.9 Å². The van der Waals surface area contributed by atoms with Crippen molar-refractivity contribution in [1.29, 1.82) is 0 Å². The molecule has 0 aliphatic rings. The third-order valence-electron chi connectivity index (χ3n) is 5.06. The van der Waals surface area contributed by atoms with Crippen molar-refractivity contribution < 1.29 is 14.3 Å². The zero-order chi connectivity index (χ0) is 22.6. The summed E-state index contributed by atoms with van der Waals surface area (Å²) in [4.78, 5) is 20.7. The van der Waals surface area contributed by atoms with Gasteiger partial charge in [0.25, 0.3) is 0 Å². The van der Waals surface area contributed by atoms with Gasteiger partial charge in [-0.05, 0) is 52.5 Å². The van der Waals surface area contributed by atoms with Crippen LogP contribution in [0.1, 0.15) is 46.1 Å². The number of aromatic nitrogens is 2. The number of hydrogen-bond acceptors (Lipinski definition) is 7. The average molecular weight is 527 g/mol. The van der Waals surface area contributed by atoms with Crippen molar-refractivity contribution in [3.05, 3.63) is 27.5 Å². The van der Waals surface area contributed by atoms with Gasteiger partial charge in [0.2, 0.25) is 11.9 Å². The standard InChI is InChI=1S/C21H30IN5O3/c1-10(2)12(5)18(23)20(28)27-21-25-9-17(19(24)26-21)30-15-8-14(22)16(29-6)7-13(15)11(3)4/h7-12,18H,23H2,1-6H3,(H3,24,25,26,27,28)/t12-,18-/m1/s1. The molecule has 0 fully saturated rings. The molecule has 0 radical (unpaired) electrons. The van der Waals surface area contributed by atoms with Gasteiger partial charge in [-0.25, -0.2) is 4.98 Å². The van der Waals surface area contributed by atoms with Gasteiger partial charge in [0.1, 0.15) is 11.5 Å². The number of halogens is 1. The summed E-state index contributed by atoms with van der Waals surface area (Å²) in [5, 5.41) is 2.62. The Bertz CT molecular complexity index is 904. The SMILES string of the molecule is COc1cc(C(C)C)c(Oc2cnc(NC(=O)[C@H](N)[C@H](C)C(C)C)nc2N)cc1I. The van der Waals surface area contributed by atoms with Gasteiger partial charge in [-0.1, -0.05) is 34.6 Å². The first-order valence-electron chi connectivity index (χ1n) is 9.79. The fraction of sp³-hybridized carbons (Fsp3) is 0.476. The summed E-state index contributed by atoms with van der Waals surface area (Å²) >= 11 is 2.18. The fourth-order valence-electron chi connectivity index (χ4n) is 2.74. The number of rotatable bonds is 8. The summed E-state index contributed by atoms with van der Waals surface area (Å²) in [6, 6.07) is 3.17. The molecule has 2 atom stereocenters. The van der Waals surface area contributed by atoms with Crippen LogP contribution in [0.15, 0.2) is 18.3 Å². The molecule has 1 amide bonds. The Labute approximate surface area is 191 Å². The molecule has 1 heterocycles. The lowest BCUT2D eigenvalue weighted by Gasteiger charge is -2.22. The van der Waals surface area contributed by atoms with Gasteiger partial charge < -0.3 is 20.9 Å². The second kappa shape index (κ2) is 10.3. The number of nitrogens with one attached hydrogen (secondary N) is 1. The third kappa shape index (κ3) is 5.72. The van der Waals surface area contributed by atoms with Crippen LogP contribution in [0.5, 0.6) is 17.2 Å². The molecule has 8 nitrogen and oxygen atoms in total. The smallest absolute Gasteiger partial charge is 0.243 e. The highest BCUT2D eigenvalue weighted by atomic mass is 127. The van der Waals surface area contributed by atoms with E-state index < -0.39 is 6.04 Å². The van der Waals surface area contributed by atoms with Gasteiger partial charge >= 0.3 is 0 Å². The predicted octanol–water partition coefficient (Wildman–Crippen LogP) is 4.15. The van der Waals surface area contributed by atoms with Crippen molar-refractivity contribution in [3.8, 4) is 17.2 Å². The lowest BCUT2D eigenvalue weighted by atomic mass is 9.90. The number of carbonyl (C=O) groups is 1. The molecule has 1 aromatic carbocycles. The van der Waals surface area contributed by atoms with Gasteiger partial charge in [0, 0.05) is 5.56 Å². The second-order valence-corrected chi connectivity index (χ2v) is 9.00. The van der Waals surface area contributed by atoms with Crippen LogP contribution in [-0.2, 0) is 4.79 Å². The van der Waals surface area contributed by atoms with Crippen molar-refractivity contribution in [3.63, 3.8) is 0 Å². The normalized spacial score (nSPS) is 13.3. The number of nitrogens with zero attached hydrogens (tertiary/aromatic N) is 2. The Morgan fingerprint density at radius 2 is 1.80 bits per heavy atom. The summed E-state index contributed by atoms with van der Waals surface area (Å²) in [5.74, 6) is 2.07. The molecule has 0 saturated heterocycles. The van der Waals surface area contributed by atoms with Crippen LogP contribution in [0.3, 0.4) is 0 Å². The van der Waals surface area contributed by atoms with Crippen LogP contribution >= 0.6 is 22.6 Å². The minimum absolute atomic E-state index is 0.0111. The number of carbonyl (C=O) groups excluding carboxylic acids is 1. The molecule has 0 bridgehead atoms. The van der Waals surface area contributed by atoms with Crippen molar-refractivity contribution >= 4 is 40.3 Å². The quantitative estimate of drug-likeness (QED) is 0.441. The zero-order valence-corrected chi connectivity index (χ0v) is 20.4. The summed E-state index contributed by atoms with van der Waals surface area (Å²) < 4.78 is 12.3. The molecule has 5 N–H and O–H groups in total. The monoisotopic (exact) mass is 527 g/mol. The largest absolute Gasteiger partial charge is 0.496 e. The average Bonchev–Trinajstić information content (AvgIpc) is 2.68. The minimum atomic E-state index is -0.666. The molecule has 30 heavy (non-hydrogen) atoms. The molecule has 2 rings (SSSR count). The summed E-state index contributed by atoms with van der Waals surface area (Å²) in [7, 11) is 1.63. The number of methoxy groups -OCH3 is 1. The first-order valence-corrected chi connectivity index (χ1v) is 10.9. The molecular formula is C21H30IN5O3. The van der Waals surface area contributed by atoms with Crippen LogP contribution in [0, 0.1) is 15.4 Å². The number of amides is 1. The molecule has 1 aromatic heterocycles. The molecule has 0 saturated carbocycles. The van der Waals surface area contributed by atoms with Gasteiger partial charge in [-0.15, -0.1) is 0 Å². The maximum atomic E-state index is 12.4. The first-order chi connectivity index (χ1) is 14.0. The summed E-state index contributed by atoms with van der Waals surface area (Å²) in [5.41, 5.74) is 13.1. The third-order valence-corrected chi connectivity index (χ3v) is 5.91. The van der Waals surface area contributed by atoms with Crippen LogP contribution in [0.25, 0.3) is 0 Å². The predicted molar refractivity (Wildman–Crippen MR) is 127 cm³/mol. The fourth-order valence-corrected chi connectivity index (χ4v) is 3.39. The van der Waals surface area contributed by atoms with Crippen LogP contribution in [0.2, 0.25) is 0 Å². The lowest BCUT2D eigenvalue weighted by Crippen LogP contribution is -2.43. The molecule has 164 valence electrons. The van der Waals surface area contributed by atoms with Crippen LogP contribution < -0.4 is 26.3 Å². The highest BCUT2D eigenvalue weighted by Crippen LogP contribution is 2.37. The van der Waals surface area contributed by atoms with E-state index in [1.54, 1.807) is 7.11 Å². The Kier molecular flexibility index (Phi) is 8.25. The Morgan fingerprint density at radius 1 is 1.13 bits per heavy atom. The maximum absolute atomic E-state index is 12.4. The summed E-state index contributed by atoms with van der Waals surface area (Å²) in [6.07, 6.45) is 1.44. The molecule has 2 aromatic rings. The highest BCUT2D eigenvalue weighted by Gasteiger charge is 2.24. The van der Waals surface area contributed by atoms with Crippen molar-refractivity contribution in [2.45, 2.75) is 46.6 Å². The van der Waals surface area contributed by atoms with E-state index in [9.17, 15) is 4.79 Å². The molecular weight excluding hydrogens is 497 g/mol. The van der Waals surface area contributed by atoms with Gasteiger partial charge in [-0.3, -0.25) is 10.1 Å². The van der Waals surface area contributed by atoms with E-state index >= 15 is 0 Å². The van der Waals surface area contributed by atoms with E-state index in [1.165, 1.54) is 6.20 Å². The van der Waals surface area contributed by atoms with Crippen molar-refractivity contribution in [2.24, 2.45) is 17.6 Å². The zero-order valence-electron chi connectivity index (χ0n) is 18.2. The Balaban J connectivity index is 2.23. The lowest BCUT2D eigenvalue weighted by molar-refractivity contribution is -0.118.